The number of unbranched alkanes of at least 4 members (excludes halogenated alkanes) is 14. The summed E-state index contributed by atoms with van der Waals surface area (Å²) in [4.78, 5) is 26.1. The number of hydrogen-bond acceptors (Lipinski definition) is 6. The summed E-state index contributed by atoms with van der Waals surface area (Å²) in [5.74, 6) is 0.491. The van der Waals surface area contributed by atoms with Gasteiger partial charge < -0.3 is 24.2 Å². The average molecular weight is 754 g/mol. The number of hydrogen-bond donors (Lipinski definition) is 1. The normalized spacial score (nSPS) is 12.4. The van der Waals surface area contributed by atoms with Crippen LogP contribution in [0.2, 0.25) is 0 Å². The summed E-state index contributed by atoms with van der Waals surface area (Å²) in [6.07, 6.45) is 38.2. The highest BCUT2D eigenvalue weighted by molar-refractivity contribution is 5.70. The molecular formula is C47H79NO6. The maximum absolute atomic E-state index is 12.1. The fourth-order valence-corrected chi connectivity index (χ4v) is 6.29. The quantitative estimate of drug-likeness (QED) is 0.0411. The Morgan fingerprint density at radius 1 is 0.611 bits per heavy atom. The summed E-state index contributed by atoms with van der Waals surface area (Å²) in [6, 6.07) is 6.04. The van der Waals surface area contributed by atoms with Crippen LogP contribution >= 0.6 is 0 Å². The van der Waals surface area contributed by atoms with E-state index in [-0.39, 0.29) is 11.9 Å². The zero-order valence-electron chi connectivity index (χ0n) is 35.0. The highest BCUT2D eigenvalue weighted by atomic mass is 16.5. The second-order valence-electron chi connectivity index (χ2n) is 15.1. The van der Waals surface area contributed by atoms with Gasteiger partial charge in [-0.2, -0.15) is 0 Å². The van der Waals surface area contributed by atoms with E-state index < -0.39 is 5.97 Å². The highest BCUT2D eigenvalue weighted by Gasteiger charge is 2.16. The summed E-state index contributed by atoms with van der Waals surface area (Å²) < 4.78 is 17.6. The third kappa shape index (κ3) is 30.3. The number of rotatable bonds is 37. The molecule has 1 rings (SSSR count). The average Bonchev–Trinajstić information content (AvgIpc) is 3.14. The van der Waals surface area contributed by atoms with Crippen LogP contribution < -0.4 is 9.47 Å². The van der Waals surface area contributed by atoms with E-state index in [1.165, 1.54) is 44.9 Å². The first-order valence-electron chi connectivity index (χ1n) is 21.7. The van der Waals surface area contributed by atoms with E-state index in [1.807, 2.05) is 20.2 Å². The number of benzene rings is 1. The summed E-state index contributed by atoms with van der Waals surface area (Å²) in [6.45, 7) is 6.72. The van der Waals surface area contributed by atoms with Crippen LogP contribution in [0.1, 0.15) is 174 Å². The molecule has 0 heterocycles. The van der Waals surface area contributed by atoms with Crippen molar-refractivity contribution in [1.29, 1.82) is 0 Å². The molecule has 0 amide bonds. The zero-order valence-corrected chi connectivity index (χ0v) is 35.0. The zero-order chi connectivity index (χ0) is 39.3. The van der Waals surface area contributed by atoms with Crippen molar-refractivity contribution in [2.24, 2.45) is 5.92 Å². The Hall–Kier alpha value is -3.06. The maximum Gasteiger partial charge on any atom is 0.306 e. The van der Waals surface area contributed by atoms with Crippen LogP contribution in [0.4, 0.5) is 0 Å². The van der Waals surface area contributed by atoms with Crippen LogP contribution in [0.3, 0.4) is 0 Å². The Bertz CT molecular complexity index is 1140. The van der Waals surface area contributed by atoms with Gasteiger partial charge in [0.15, 0.2) is 0 Å². The van der Waals surface area contributed by atoms with Gasteiger partial charge >= 0.3 is 11.9 Å². The van der Waals surface area contributed by atoms with Gasteiger partial charge in [0.1, 0.15) is 11.5 Å². The van der Waals surface area contributed by atoms with Crippen molar-refractivity contribution in [3.63, 3.8) is 0 Å². The second-order valence-corrected chi connectivity index (χ2v) is 15.1. The standard InChI is InChI=1S/C47H79NO6/c1-5-7-9-11-13-15-16-17-18-19-21-22-24-26-32-43(47(50)51)33-28-29-35-52-44-38-42(41-48(3)4)39-45(40-44)53-36-30-31-37-54-46(49)34-27-25-23-20-14-12-10-8-6-2/h10,12-13,15,17-18,38-40,43H,5-9,11,14,16,19-37,41H2,1-4H3,(H,50,51)/b12-10-,15-13-,18-17-. The van der Waals surface area contributed by atoms with Gasteiger partial charge in [-0.15, -0.1) is 0 Å². The molecule has 0 radical (unpaired) electrons. The summed E-state index contributed by atoms with van der Waals surface area (Å²) in [7, 11) is 4.07. The Morgan fingerprint density at radius 3 is 1.72 bits per heavy atom. The number of ether oxygens (including phenoxy) is 3. The van der Waals surface area contributed by atoms with Gasteiger partial charge in [-0.1, -0.05) is 102 Å². The highest BCUT2D eigenvalue weighted by Crippen LogP contribution is 2.25. The number of carbonyl (C=O) groups excluding carboxylic acids is 1. The molecule has 1 aromatic rings. The van der Waals surface area contributed by atoms with Gasteiger partial charge in [-0.3, -0.25) is 9.59 Å². The van der Waals surface area contributed by atoms with E-state index in [0.717, 1.165) is 120 Å². The Balaban J connectivity index is 2.26. The van der Waals surface area contributed by atoms with Gasteiger partial charge in [0.05, 0.1) is 25.7 Å². The molecule has 1 unspecified atom stereocenters. The molecule has 0 bridgehead atoms. The number of carboxylic acids is 1. The smallest absolute Gasteiger partial charge is 0.306 e. The molecule has 0 saturated carbocycles. The second kappa shape index (κ2) is 35.6. The molecule has 1 aromatic carbocycles. The van der Waals surface area contributed by atoms with Gasteiger partial charge in [-0.25, -0.2) is 0 Å². The van der Waals surface area contributed by atoms with Crippen molar-refractivity contribution in [3.05, 3.63) is 60.2 Å². The van der Waals surface area contributed by atoms with Crippen molar-refractivity contribution in [2.45, 2.75) is 174 Å². The number of carboxylic acid groups (broad SMARTS) is 1. The molecule has 54 heavy (non-hydrogen) atoms. The molecule has 0 saturated heterocycles. The molecule has 0 fully saturated rings. The van der Waals surface area contributed by atoms with Crippen LogP contribution in [0.15, 0.2) is 54.7 Å². The van der Waals surface area contributed by atoms with Crippen molar-refractivity contribution in [1.82, 2.24) is 4.90 Å². The molecule has 7 nitrogen and oxygen atoms in total. The number of nitrogens with zero attached hydrogens (tertiary/aromatic N) is 1. The molecular weight excluding hydrogens is 675 g/mol. The lowest BCUT2D eigenvalue weighted by Crippen LogP contribution is -2.14. The van der Waals surface area contributed by atoms with Crippen molar-refractivity contribution >= 4 is 11.9 Å². The molecule has 0 spiro atoms. The van der Waals surface area contributed by atoms with Crippen LogP contribution in [-0.4, -0.2) is 55.9 Å². The minimum Gasteiger partial charge on any atom is -0.493 e. The van der Waals surface area contributed by atoms with Crippen molar-refractivity contribution < 1.29 is 28.9 Å². The van der Waals surface area contributed by atoms with E-state index in [1.54, 1.807) is 0 Å². The largest absolute Gasteiger partial charge is 0.493 e. The van der Waals surface area contributed by atoms with Crippen molar-refractivity contribution in [3.8, 4) is 11.5 Å². The van der Waals surface area contributed by atoms with Gasteiger partial charge in [-0.05, 0) is 128 Å². The van der Waals surface area contributed by atoms with Gasteiger partial charge in [0.2, 0.25) is 0 Å². The number of esters is 1. The molecule has 7 heteroatoms. The number of allylic oxidation sites excluding steroid dienone is 6. The third-order valence-electron chi connectivity index (χ3n) is 9.45. The molecule has 0 aliphatic rings. The van der Waals surface area contributed by atoms with E-state index in [9.17, 15) is 14.7 Å². The van der Waals surface area contributed by atoms with Gasteiger partial charge in [0, 0.05) is 19.0 Å². The fraction of sp³-hybridized carbons (Fsp3) is 0.702. The first-order chi connectivity index (χ1) is 26.3. The summed E-state index contributed by atoms with van der Waals surface area (Å²) in [5.41, 5.74) is 1.11. The topological polar surface area (TPSA) is 85.3 Å². The fourth-order valence-electron chi connectivity index (χ4n) is 6.29. The van der Waals surface area contributed by atoms with Gasteiger partial charge in [0.25, 0.3) is 0 Å². The summed E-state index contributed by atoms with van der Waals surface area (Å²) in [5, 5.41) is 9.78. The van der Waals surface area contributed by atoms with Crippen molar-refractivity contribution in [2.75, 3.05) is 33.9 Å². The summed E-state index contributed by atoms with van der Waals surface area (Å²) >= 11 is 0. The lowest BCUT2D eigenvalue weighted by atomic mass is 9.95. The first kappa shape index (κ1) is 49.0. The van der Waals surface area contributed by atoms with E-state index in [2.05, 4.69) is 67.3 Å². The van der Waals surface area contributed by atoms with Crippen LogP contribution in [0.25, 0.3) is 0 Å². The minimum absolute atomic E-state index is 0.100. The molecule has 0 aliphatic heterocycles. The first-order valence-corrected chi connectivity index (χ1v) is 21.7. The van der Waals surface area contributed by atoms with Crippen LogP contribution in [0, 0.1) is 5.92 Å². The van der Waals surface area contributed by atoms with E-state index >= 15 is 0 Å². The Kier molecular flexibility index (Phi) is 32.3. The molecule has 0 aromatic heterocycles. The predicted molar refractivity (Wildman–Crippen MR) is 226 cm³/mol. The van der Waals surface area contributed by atoms with E-state index in [0.29, 0.717) is 32.7 Å². The van der Waals surface area contributed by atoms with Crippen LogP contribution in [-0.2, 0) is 20.9 Å². The minimum atomic E-state index is -0.676. The Labute approximate surface area is 331 Å². The van der Waals surface area contributed by atoms with E-state index in [4.69, 9.17) is 14.2 Å². The number of carbonyl (C=O) groups is 2. The molecule has 1 atom stereocenters. The monoisotopic (exact) mass is 754 g/mol. The maximum atomic E-state index is 12.1. The molecule has 308 valence electrons. The van der Waals surface area contributed by atoms with Crippen LogP contribution in [0.5, 0.6) is 11.5 Å². The SMILES string of the molecule is CCC/C=C\CCCCCCC(=O)OCCCCOc1cc(CN(C)C)cc(OCCCCC(CCCCCC/C=C\C/C=C\CCCCC)C(=O)O)c1. The Morgan fingerprint density at radius 2 is 1.13 bits per heavy atom. The lowest BCUT2D eigenvalue weighted by molar-refractivity contribution is -0.144. The molecule has 0 aliphatic carbocycles. The molecule has 1 N–H and O–H groups in total. The number of aliphatic carboxylic acids is 1. The third-order valence-corrected chi connectivity index (χ3v) is 9.45. The predicted octanol–water partition coefficient (Wildman–Crippen LogP) is 12.8. The lowest BCUT2D eigenvalue weighted by Gasteiger charge is -2.15.